The Labute approximate surface area is 149 Å². The molecule has 2 heterocycles. The molecule has 0 saturated heterocycles. The lowest BCUT2D eigenvalue weighted by molar-refractivity contribution is 0.513. The fourth-order valence-corrected chi connectivity index (χ4v) is 2.39. The molecule has 0 atom stereocenters. The van der Waals surface area contributed by atoms with Crippen LogP contribution in [0.4, 0.5) is 5.13 Å². The zero-order valence-corrected chi connectivity index (χ0v) is 14.4. The molecule has 0 fully saturated rings. The maximum atomic E-state index is 8.59. The van der Waals surface area contributed by atoms with E-state index in [9.17, 15) is 0 Å². The molecule has 2 aromatic rings. The first kappa shape index (κ1) is 18.0. The molecular weight excluding hydrogens is 340 g/mol. The average molecular weight is 358 g/mol. The van der Waals surface area contributed by atoms with Crippen molar-refractivity contribution in [3.05, 3.63) is 35.5 Å². The number of hydrogen-bond donors (Lipinski definition) is 4. The lowest BCUT2D eigenvalue weighted by atomic mass is 10.3. The number of nitrogens with zero attached hydrogens (tertiary/aromatic N) is 4. The summed E-state index contributed by atoms with van der Waals surface area (Å²) in [5, 5.41) is 19.5. The summed E-state index contributed by atoms with van der Waals surface area (Å²) in [6.45, 7) is 4.33. The van der Waals surface area contributed by atoms with Gasteiger partial charge < -0.3 is 20.8 Å². The zero-order chi connectivity index (χ0) is 18.1. The predicted octanol–water partition coefficient (Wildman–Crippen LogP) is 1.46. The Kier molecular flexibility index (Phi) is 6.56. The molecule has 5 N–H and O–H groups in total. The number of thiazole rings is 1. The smallest absolute Gasteiger partial charge is 0.204 e. The molecule has 0 radical (unpaired) electrons. The number of aromatic nitrogens is 1. The second kappa shape index (κ2) is 9.09. The van der Waals surface area contributed by atoms with Crippen LogP contribution in [0, 0.1) is 11.5 Å². The molecule has 0 aliphatic carbocycles. The van der Waals surface area contributed by atoms with Gasteiger partial charge >= 0.3 is 0 Å². The zero-order valence-electron chi connectivity index (χ0n) is 13.6. The predicted molar refractivity (Wildman–Crippen MR) is 99.1 cm³/mol. The van der Waals surface area contributed by atoms with Gasteiger partial charge in [-0.3, -0.25) is 15.3 Å². The Morgan fingerprint density at radius 1 is 1.56 bits per heavy atom. The third-order valence-electron chi connectivity index (χ3n) is 2.82. The van der Waals surface area contributed by atoms with Crippen molar-refractivity contribution in [3.63, 3.8) is 0 Å². The minimum absolute atomic E-state index is 0.365. The second-order valence-corrected chi connectivity index (χ2v) is 5.60. The molecule has 2 rings (SSSR count). The van der Waals surface area contributed by atoms with E-state index in [0.29, 0.717) is 41.4 Å². The number of nitriles is 1. The highest BCUT2D eigenvalue weighted by Crippen LogP contribution is 2.26. The summed E-state index contributed by atoms with van der Waals surface area (Å²) >= 11 is 1.43. The fourth-order valence-electron chi connectivity index (χ4n) is 1.73. The van der Waals surface area contributed by atoms with Crippen molar-refractivity contribution in [3.8, 4) is 17.6 Å². The summed E-state index contributed by atoms with van der Waals surface area (Å²) in [7, 11) is 1.58. The van der Waals surface area contributed by atoms with Crippen LogP contribution in [-0.4, -0.2) is 30.9 Å². The highest BCUT2D eigenvalue weighted by molar-refractivity contribution is 7.14. The summed E-state index contributed by atoms with van der Waals surface area (Å²) in [5.41, 5.74) is 6.64. The highest BCUT2D eigenvalue weighted by Gasteiger charge is 2.09. The maximum absolute atomic E-state index is 8.59. The van der Waals surface area contributed by atoms with E-state index in [4.69, 9.17) is 15.4 Å². The molecule has 0 saturated carbocycles. The number of hydrogen-bond acceptors (Lipinski definition) is 7. The van der Waals surface area contributed by atoms with Crippen LogP contribution in [0.2, 0.25) is 0 Å². The number of rotatable bonds is 7. The Hall–Kier alpha value is -3.32. The number of nitrogens with one attached hydrogen (secondary N) is 3. The Bertz CT molecular complexity index is 814. The highest BCUT2D eigenvalue weighted by atomic mass is 32.1. The van der Waals surface area contributed by atoms with E-state index in [2.05, 4.69) is 37.5 Å². The van der Waals surface area contributed by atoms with Crippen LogP contribution in [-0.2, 0) is 6.54 Å². The van der Waals surface area contributed by atoms with Crippen molar-refractivity contribution in [1.29, 1.82) is 5.26 Å². The SMILES string of the molecule is C=C(N)CN=CNc1nc(-c2ccc(CNC(=NC)NC#N)o2)cs1. The molecule has 0 aliphatic rings. The summed E-state index contributed by atoms with van der Waals surface area (Å²) in [4.78, 5) is 12.4. The molecule has 2 aromatic heterocycles. The lowest BCUT2D eigenvalue weighted by Gasteiger charge is -2.04. The van der Waals surface area contributed by atoms with Gasteiger partial charge in [-0.25, -0.2) is 4.98 Å². The first-order chi connectivity index (χ1) is 12.1. The van der Waals surface area contributed by atoms with Crippen LogP contribution in [0.15, 0.2) is 44.2 Å². The van der Waals surface area contributed by atoms with Gasteiger partial charge in [0.15, 0.2) is 17.1 Å². The van der Waals surface area contributed by atoms with E-state index < -0.39 is 0 Å². The minimum atomic E-state index is 0.365. The number of nitrogens with two attached hydrogens (primary N) is 1. The molecular formula is C15H18N8OS. The van der Waals surface area contributed by atoms with Crippen LogP contribution in [0.5, 0.6) is 0 Å². The first-order valence-corrected chi connectivity index (χ1v) is 8.08. The van der Waals surface area contributed by atoms with Crippen molar-refractivity contribution < 1.29 is 4.42 Å². The quantitative estimate of drug-likeness (QED) is 0.254. The van der Waals surface area contributed by atoms with Gasteiger partial charge in [0, 0.05) is 18.1 Å². The number of furan rings is 1. The van der Waals surface area contributed by atoms with E-state index in [1.807, 2.05) is 17.5 Å². The number of anilines is 1. The third-order valence-corrected chi connectivity index (χ3v) is 3.59. The van der Waals surface area contributed by atoms with Gasteiger partial charge in [-0.2, -0.15) is 5.26 Å². The van der Waals surface area contributed by atoms with Crippen molar-refractivity contribution in [1.82, 2.24) is 15.6 Å². The van der Waals surface area contributed by atoms with E-state index >= 15 is 0 Å². The van der Waals surface area contributed by atoms with Gasteiger partial charge in [-0.15, -0.1) is 11.3 Å². The van der Waals surface area contributed by atoms with E-state index in [-0.39, 0.29) is 0 Å². The number of guanidine groups is 1. The fraction of sp³-hybridized carbons (Fsp3) is 0.200. The lowest BCUT2D eigenvalue weighted by Crippen LogP contribution is -2.33. The average Bonchev–Trinajstić information content (AvgIpc) is 3.24. The standard InChI is InChI=1S/C15H18N8OS/c1-10(17)5-19-9-22-15-23-12(7-25-15)13-4-3-11(24-13)6-20-14(18-2)21-8-16/h3-4,7,9H,1,5-6,17H2,2H3,(H2,18,20,21)(H,19,22,23). The molecule has 130 valence electrons. The second-order valence-electron chi connectivity index (χ2n) is 4.74. The summed E-state index contributed by atoms with van der Waals surface area (Å²) in [6, 6.07) is 3.67. The van der Waals surface area contributed by atoms with Gasteiger partial charge in [0.2, 0.25) is 5.96 Å². The maximum Gasteiger partial charge on any atom is 0.204 e. The molecule has 0 amide bonds. The summed E-state index contributed by atoms with van der Waals surface area (Å²) in [6.07, 6.45) is 3.34. The molecule has 10 heteroatoms. The molecule has 0 spiro atoms. The topological polar surface area (TPSA) is 137 Å². The third kappa shape index (κ3) is 5.67. The van der Waals surface area contributed by atoms with E-state index in [1.54, 1.807) is 13.2 Å². The minimum Gasteiger partial charge on any atom is -0.458 e. The van der Waals surface area contributed by atoms with E-state index in [1.165, 1.54) is 17.7 Å². The monoisotopic (exact) mass is 358 g/mol. The Morgan fingerprint density at radius 2 is 2.40 bits per heavy atom. The molecule has 0 aromatic carbocycles. The molecule has 25 heavy (non-hydrogen) atoms. The van der Waals surface area contributed by atoms with Gasteiger partial charge in [-0.1, -0.05) is 6.58 Å². The van der Waals surface area contributed by atoms with Crippen molar-refractivity contribution in [2.45, 2.75) is 6.54 Å². The van der Waals surface area contributed by atoms with Crippen molar-refractivity contribution >= 4 is 28.8 Å². The Balaban J connectivity index is 1.93. The summed E-state index contributed by atoms with van der Waals surface area (Å²) in [5.74, 6) is 1.72. The van der Waals surface area contributed by atoms with Crippen LogP contribution in [0.3, 0.4) is 0 Å². The number of aliphatic imine (C=N–C) groups is 2. The summed E-state index contributed by atoms with van der Waals surface area (Å²) < 4.78 is 5.74. The van der Waals surface area contributed by atoms with Crippen LogP contribution >= 0.6 is 11.3 Å². The van der Waals surface area contributed by atoms with Crippen molar-refractivity contribution in [2.24, 2.45) is 15.7 Å². The largest absolute Gasteiger partial charge is 0.458 e. The van der Waals surface area contributed by atoms with Gasteiger partial charge in [0.05, 0.1) is 19.4 Å². The van der Waals surface area contributed by atoms with Gasteiger partial charge in [-0.05, 0) is 12.1 Å². The van der Waals surface area contributed by atoms with Crippen molar-refractivity contribution in [2.75, 3.05) is 18.9 Å². The molecule has 0 unspecified atom stereocenters. The molecule has 0 aliphatic heterocycles. The van der Waals surface area contributed by atoms with Crippen LogP contribution < -0.4 is 21.7 Å². The normalized spacial score (nSPS) is 11.3. The van der Waals surface area contributed by atoms with Gasteiger partial charge in [0.1, 0.15) is 11.5 Å². The van der Waals surface area contributed by atoms with Crippen LogP contribution in [0.25, 0.3) is 11.5 Å². The first-order valence-electron chi connectivity index (χ1n) is 7.21. The van der Waals surface area contributed by atoms with Gasteiger partial charge in [0.25, 0.3) is 0 Å². The molecule has 9 nitrogen and oxygen atoms in total. The molecule has 0 bridgehead atoms. The van der Waals surface area contributed by atoms with E-state index in [0.717, 1.165) is 5.69 Å². The van der Waals surface area contributed by atoms with Crippen LogP contribution in [0.1, 0.15) is 5.76 Å². The Morgan fingerprint density at radius 3 is 3.12 bits per heavy atom.